The van der Waals surface area contributed by atoms with E-state index in [4.69, 9.17) is 0 Å². The van der Waals surface area contributed by atoms with Gasteiger partial charge in [0.2, 0.25) is 0 Å². The van der Waals surface area contributed by atoms with E-state index in [9.17, 15) is 5.11 Å². The fourth-order valence-corrected chi connectivity index (χ4v) is 1.89. The van der Waals surface area contributed by atoms with E-state index in [-0.39, 0.29) is 6.10 Å². The van der Waals surface area contributed by atoms with Crippen LogP contribution in [0.5, 0.6) is 0 Å². The van der Waals surface area contributed by atoms with Crippen molar-refractivity contribution < 1.29 is 5.11 Å². The Bertz CT molecular complexity index is 163. The number of hydrogen-bond acceptors (Lipinski definition) is 4. The van der Waals surface area contributed by atoms with Crippen molar-refractivity contribution in [1.82, 2.24) is 15.1 Å². The molecule has 0 bridgehead atoms. The van der Waals surface area contributed by atoms with Crippen LogP contribution in [0.15, 0.2) is 0 Å². The third-order valence-corrected chi connectivity index (χ3v) is 2.61. The summed E-state index contributed by atoms with van der Waals surface area (Å²) in [7, 11) is 6.09. The lowest BCUT2D eigenvalue weighted by Crippen LogP contribution is -2.40. The second-order valence-corrected chi connectivity index (χ2v) is 4.57. The summed E-state index contributed by atoms with van der Waals surface area (Å²) >= 11 is 0. The lowest BCUT2D eigenvalue weighted by Gasteiger charge is -2.19. The number of rotatable bonds is 5. The lowest BCUT2D eigenvalue weighted by molar-refractivity contribution is 0.131. The van der Waals surface area contributed by atoms with Crippen molar-refractivity contribution in [2.24, 2.45) is 0 Å². The van der Waals surface area contributed by atoms with Gasteiger partial charge in [0.1, 0.15) is 0 Å². The molecule has 2 atom stereocenters. The Labute approximate surface area is 86.9 Å². The highest BCUT2D eigenvalue weighted by atomic mass is 16.3. The molecule has 1 aliphatic rings. The molecule has 0 radical (unpaired) electrons. The van der Waals surface area contributed by atoms with Crippen LogP contribution < -0.4 is 5.32 Å². The van der Waals surface area contributed by atoms with Crippen molar-refractivity contribution in [1.29, 1.82) is 0 Å². The van der Waals surface area contributed by atoms with E-state index in [0.29, 0.717) is 12.6 Å². The Morgan fingerprint density at radius 1 is 1.57 bits per heavy atom. The molecule has 1 aliphatic heterocycles. The quantitative estimate of drug-likeness (QED) is 0.611. The Balaban J connectivity index is 2.08. The van der Waals surface area contributed by atoms with Crippen LogP contribution in [0.25, 0.3) is 0 Å². The third kappa shape index (κ3) is 4.37. The highest BCUT2D eigenvalue weighted by molar-refractivity contribution is 4.79. The van der Waals surface area contributed by atoms with Crippen LogP contribution in [0.3, 0.4) is 0 Å². The predicted octanol–water partition coefficient (Wildman–Crippen LogP) is -0.797. The van der Waals surface area contributed by atoms with Gasteiger partial charge in [-0.15, -0.1) is 0 Å². The minimum atomic E-state index is -0.254. The summed E-state index contributed by atoms with van der Waals surface area (Å²) in [4.78, 5) is 4.32. The lowest BCUT2D eigenvalue weighted by atomic mass is 10.2. The number of nitrogens with zero attached hydrogens (tertiary/aromatic N) is 2. The van der Waals surface area contributed by atoms with Crippen molar-refractivity contribution in [2.45, 2.75) is 18.6 Å². The maximum absolute atomic E-state index is 9.63. The number of likely N-dealkylation sites (N-methyl/N-ethyl adjacent to an activating group) is 2. The molecule has 4 nitrogen and oxygen atoms in total. The Morgan fingerprint density at radius 2 is 2.29 bits per heavy atom. The first-order valence-corrected chi connectivity index (χ1v) is 5.32. The number of nitrogens with one attached hydrogen (secondary N) is 1. The highest BCUT2D eigenvalue weighted by Crippen LogP contribution is 2.05. The standard InChI is InChI=1S/C10H23N3O/c1-12(2)8-10(14)6-11-9-4-5-13(3)7-9/h9-11,14H,4-8H2,1-3H3. The molecule has 1 fully saturated rings. The second-order valence-electron chi connectivity index (χ2n) is 4.57. The van der Waals surface area contributed by atoms with Gasteiger partial charge in [-0.1, -0.05) is 0 Å². The fourth-order valence-electron chi connectivity index (χ4n) is 1.89. The van der Waals surface area contributed by atoms with E-state index in [1.165, 1.54) is 13.0 Å². The molecule has 84 valence electrons. The molecule has 4 heteroatoms. The molecular weight excluding hydrogens is 178 g/mol. The van der Waals surface area contributed by atoms with Crippen molar-refractivity contribution >= 4 is 0 Å². The van der Waals surface area contributed by atoms with Crippen LogP contribution in [0.2, 0.25) is 0 Å². The van der Waals surface area contributed by atoms with E-state index in [1.54, 1.807) is 0 Å². The predicted molar refractivity (Wildman–Crippen MR) is 58.5 cm³/mol. The van der Waals surface area contributed by atoms with Gasteiger partial charge in [-0.2, -0.15) is 0 Å². The molecule has 0 spiro atoms. The molecule has 1 heterocycles. The molecule has 1 saturated heterocycles. The fraction of sp³-hybridized carbons (Fsp3) is 1.00. The zero-order chi connectivity index (χ0) is 10.6. The molecule has 0 aromatic heterocycles. The largest absolute Gasteiger partial charge is 0.390 e. The molecule has 0 aliphatic carbocycles. The summed E-state index contributed by atoms with van der Waals surface area (Å²) in [6.07, 6.45) is 0.946. The average molecular weight is 201 g/mol. The highest BCUT2D eigenvalue weighted by Gasteiger charge is 2.19. The molecule has 1 rings (SSSR count). The molecule has 0 saturated carbocycles. The van der Waals surface area contributed by atoms with Gasteiger partial charge in [0, 0.05) is 25.7 Å². The molecule has 2 unspecified atom stereocenters. The van der Waals surface area contributed by atoms with E-state index in [0.717, 1.165) is 13.1 Å². The van der Waals surface area contributed by atoms with Crippen molar-refractivity contribution in [3.8, 4) is 0 Å². The van der Waals surface area contributed by atoms with Crippen LogP contribution >= 0.6 is 0 Å². The molecular formula is C10H23N3O. The zero-order valence-corrected chi connectivity index (χ0v) is 9.53. The topological polar surface area (TPSA) is 38.7 Å². The second kappa shape index (κ2) is 5.66. The minimum Gasteiger partial charge on any atom is -0.390 e. The number of hydrogen-bond donors (Lipinski definition) is 2. The van der Waals surface area contributed by atoms with Gasteiger partial charge < -0.3 is 20.2 Å². The van der Waals surface area contributed by atoms with Crippen molar-refractivity contribution in [3.05, 3.63) is 0 Å². The van der Waals surface area contributed by atoms with Crippen LogP contribution in [0.1, 0.15) is 6.42 Å². The summed E-state index contributed by atoms with van der Waals surface area (Å²) in [5.74, 6) is 0. The summed E-state index contributed by atoms with van der Waals surface area (Å²) in [5, 5.41) is 13.0. The number of likely N-dealkylation sites (tertiary alicyclic amines) is 1. The SMILES string of the molecule is CN(C)CC(O)CNC1CCN(C)C1. The molecule has 0 amide bonds. The van der Waals surface area contributed by atoms with Crippen LogP contribution in [0, 0.1) is 0 Å². The Kier molecular flexibility index (Phi) is 4.81. The van der Waals surface area contributed by atoms with Gasteiger partial charge in [-0.25, -0.2) is 0 Å². The maximum atomic E-state index is 9.63. The Morgan fingerprint density at radius 3 is 2.79 bits per heavy atom. The van der Waals surface area contributed by atoms with Gasteiger partial charge in [-0.05, 0) is 34.1 Å². The van der Waals surface area contributed by atoms with E-state index >= 15 is 0 Å². The van der Waals surface area contributed by atoms with Crippen LogP contribution in [-0.2, 0) is 0 Å². The normalized spacial score (nSPS) is 25.9. The smallest absolute Gasteiger partial charge is 0.0791 e. The van der Waals surface area contributed by atoms with E-state index in [2.05, 4.69) is 17.3 Å². The summed E-state index contributed by atoms with van der Waals surface area (Å²) in [6, 6.07) is 0.566. The van der Waals surface area contributed by atoms with Gasteiger partial charge in [0.25, 0.3) is 0 Å². The van der Waals surface area contributed by atoms with Gasteiger partial charge in [0.15, 0.2) is 0 Å². The molecule has 2 N–H and O–H groups in total. The summed E-state index contributed by atoms with van der Waals surface area (Å²) in [5.41, 5.74) is 0. The molecule has 14 heavy (non-hydrogen) atoms. The summed E-state index contributed by atoms with van der Waals surface area (Å²) < 4.78 is 0. The summed E-state index contributed by atoms with van der Waals surface area (Å²) in [6.45, 7) is 3.71. The number of aliphatic hydroxyl groups excluding tert-OH is 1. The number of aliphatic hydroxyl groups is 1. The maximum Gasteiger partial charge on any atom is 0.0791 e. The third-order valence-electron chi connectivity index (χ3n) is 2.61. The molecule has 0 aromatic carbocycles. The van der Waals surface area contributed by atoms with Crippen LogP contribution in [-0.4, -0.2) is 74.4 Å². The van der Waals surface area contributed by atoms with Gasteiger partial charge in [0.05, 0.1) is 6.10 Å². The van der Waals surface area contributed by atoms with Crippen molar-refractivity contribution in [3.63, 3.8) is 0 Å². The van der Waals surface area contributed by atoms with Gasteiger partial charge >= 0.3 is 0 Å². The minimum absolute atomic E-state index is 0.254. The molecule has 0 aromatic rings. The van der Waals surface area contributed by atoms with E-state index < -0.39 is 0 Å². The monoisotopic (exact) mass is 201 g/mol. The Hall–Kier alpha value is -0.160. The first-order valence-electron chi connectivity index (χ1n) is 5.32. The zero-order valence-electron chi connectivity index (χ0n) is 9.53. The van der Waals surface area contributed by atoms with E-state index in [1.807, 2.05) is 19.0 Å². The van der Waals surface area contributed by atoms with Crippen LogP contribution in [0.4, 0.5) is 0 Å². The van der Waals surface area contributed by atoms with Gasteiger partial charge in [-0.3, -0.25) is 0 Å². The average Bonchev–Trinajstić information content (AvgIpc) is 2.47. The first kappa shape index (κ1) is 11.9. The van der Waals surface area contributed by atoms with Crippen molar-refractivity contribution in [2.75, 3.05) is 47.3 Å². The first-order chi connectivity index (χ1) is 6.58.